The van der Waals surface area contributed by atoms with Gasteiger partial charge in [-0.3, -0.25) is 0 Å². The maximum absolute atomic E-state index is 2.58. The van der Waals surface area contributed by atoms with Gasteiger partial charge in [0, 0.05) is 39.8 Å². The summed E-state index contributed by atoms with van der Waals surface area (Å²) < 4.78 is 0. The summed E-state index contributed by atoms with van der Waals surface area (Å²) in [7, 11) is 0. The van der Waals surface area contributed by atoms with Crippen LogP contribution in [0.2, 0.25) is 0 Å². The van der Waals surface area contributed by atoms with Gasteiger partial charge in [-0.1, -0.05) is 146 Å². The SMILES string of the molecule is C1=CC2c3cc(N(c4cccc(C5=CCCCC5)c4)c4cccc5c4-c4cccc6cc7ccccc7c-5c46)ccc3N(c3ccccc3-c3ccccc3)C2C=C1. The summed E-state index contributed by atoms with van der Waals surface area (Å²) >= 11 is 0. The summed E-state index contributed by atoms with van der Waals surface area (Å²) in [6, 6.07) is 61.6. The summed E-state index contributed by atoms with van der Waals surface area (Å²) in [6.45, 7) is 0. The van der Waals surface area contributed by atoms with Gasteiger partial charge in [-0.05, 0) is 135 Å². The monoisotopic (exact) mass is 742 g/mol. The zero-order chi connectivity index (χ0) is 38.2. The maximum atomic E-state index is 2.58. The Bertz CT molecular complexity index is 3040. The molecule has 8 aromatic rings. The van der Waals surface area contributed by atoms with E-state index in [0.717, 1.165) is 12.8 Å². The van der Waals surface area contributed by atoms with Crippen molar-refractivity contribution in [1.82, 2.24) is 0 Å². The Morgan fingerprint density at radius 2 is 1.28 bits per heavy atom. The van der Waals surface area contributed by atoms with Crippen molar-refractivity contribution < 1.29 is 0 Å². The smallest absolute Gasteiger partial charge is 0.0629 e. The van der Waals surface area contributed by atoms with Crippen molar-refractivity contribution in [3.63, 3.8) is 0 Å². The molecule has 1 heterocycles. The zero-order valence-corrected chi connectivity index (χ0v) is 32.4. The van der Waals surface area contributed by atoms with Crippen molar-refractivity contribution in [2.24, 2.45) is 0 Å². The molecule has 276 valence electrons. The number of benzene rings is 8. The second-order valence-electron chi connectivity index (χ2n) is 16.2. The van der Waals surface area contributed by atoms with Crippen LogP contribution in [0.5, 0.6) is 0 Å². The van der Waals surface area contributed by atoms with Crippen LogP contribution in [-0.2, 0) is 0 Å². The van der Waals surface area contributed by atoms with Crippen LogP contribution in [0.3, 0.4) is 0 Å². The fraction of sp³-hybridized carbons (Fsp3) is 0.107. The first-order chi connectivity index (χ1) is 28.8. The first kappa shape index (κ1) is 33.3. The lowest BCUT2D eigenvalue weighted by atomic mass is 9.90. The lowest BCUT2D eigenvalue weighted by Crippen LogP contribution is -2.28. The summed E-state index contributed by atoms with van der Waals surface area (Å²) in [6.07, 6.45) is 16.5. The van der Waals surface area contributed by atoms with E-state index in [1.165, 1.54) is 113 Å². The van der Waals surface area contributed by atoms with E-state index in [-0.39, 0.29) is 12.0 Å². The molecule has 0 aromatic heterocycles. The van der Waals surface area contributed by atoms with Gasteiger partial charge in [0.05, 0.1) is 11.7 Å². The predicted molar refractivity (Wildman–Crippen MR) is 246 cm³/mol. The highest BCUT2D eigenvalue weighted by atomic mass is 15.2. The molecule has 2 nitrogen and oxygen atoms in total. The second kappa shape index (κ2) is 13.4. The molecular weight excluding hydrogens is 701 g/mol. The Hall–Kier alpha value is -6.90. The summed E-state index contributed by atoms with van der Waals surface area (Å²) in [5.74, 6) is 0.218. The Balaban J connectivity index is 1.08. The number of hydrogen-bond donors (Lipinski definition) is 0. The molecule has 4 aliphatic rings. The van der Waals surface area contributed by atoms with Gasteiger partial charge in [0.1, 0.15) is 0 Å². The normalized spacial score (nSPS) is 17.3. The molecule has 58 heavy (non-hydrogen) atoms. The van der Waals surface area contributed by atoms with Crippen molar-refractivity contribution in [2.45, 2.75) is 37.6 Å². The van der Waals surface area contributed by atoms with Gasteiger partial charge in [-0.15, -0.1) is 0 Å². The van der Waals surface area contributed by atoms with E-state index in [1.807, 2.05) is 0 Å². The van der Waals surface area contributed by atoms with E-state index in [2.05, 4.69) is 204 Å². The molecule has 2 heteroatoms. The maximum Gasteiger partial charge on any atom is 0.0629 e. The largest absolute Gasteiger partial charge is 0.333 e. The average molecular weight is 743 g/mol. The van der Waals surface area contributed by atoms with Crippen LogP contribution in [0.25, 0.3) is 60.5 Å². The van der Waals surface area contributed by atoms with E-state index in [0.29, 0.717) is 0 Å². The molecule has 2 atom stereocenters. The van der Waals surface area contributed by atoms with Gasteiger partial charge < -0.3 is 9.80 Å². The molecule has 0 saturated heterocycles. The first-order valence-electron chi connectivity index (χ1n) is 20.9. The Labute approximate surface area is 340 Å². The minimum absolute atomic E-state index is 0.177. The molecule has 12 rings (SSSR count). The van der Waals surface area contributed by atoms with E-state index < -0.39 is 0 Å². The van der Waals surface area contributed by atoms with Gasteiger partial charge in [0.2, 0.25) is 0 Å². The predicted octanol–water partition coefficient (Wildman–Crippen LogP) is 15.5. The molecule has 3 aliphatic carbocycles. The van der Waals surface area contributed by atoms with Crippen molar-refractivity contribution in [1.29, 1.82) is 0 Å². The molecule has 0 spiro atoms. The number of nitrogens with zero attached hydrogens (tertiary/aromatic N) is 2. The van der Waals surface area contributed by atoms with Crippen molar-refractivity contribution in [3.05, 3.63) is 205 Å². The zero-order valence-electron chi connectivity index (χ0n) is 32.4. The number of rotatable bonds is 6. The highest BCUT2D eigenvalue weighted by Crippen LogP contribution is 2.57. The van der Waals surface area contributed by atoms with Gasteiger partial charge in [-0.25, -0.2) is 0 Å². The summed E-state index contributed by atoms with van der Waals surface area (Å²) in [4.78, 5) is 5.13. The lowest BCUT2D eigenvalue weighted by Gasteiger charge is -2.31. The highest BCUT2D eigenvalue weighted by Gasteiger charge is 2.39. The molecule has 8 aromatic carbocycles. The van der Waals surface area contributed by atoms with E-state index in [4.69, 9.17) is 0 Å². The number of para-hydroxylation sites is 1. The Morgan fingerprint density at radius 1 is 0.517 bits per heavy atom. The minimum atomic E-state index is 0.177. The van der Waals surface area contributed by atoms with Gasteiger partial charge in [-0.2, -0.15) is 0 Å². The first-order valence-corrected chi connectivity index (χ1v) is 20.9. The number of allylic oxidation sites excluding steroid dienone is 4. The third kappa shape index (κ3) is 5.11. The number of anilines is 5. The fourth-order valence-corrected chi connectivity index (χ4v) is 10.5. The molecule has 1 aliphatic heterocycles. The van der Waals surface area contributed by atoms with Crippen LogP contribution in [0.15, 0.2) is 194 Å². The number of fused-ring (bicyclic) bond motifs is 8. The minimum Gasteiger partial charge on any atom is -0.333 e. The van der Waals surface area contributed by atoms with Crippen LogP contribution < -0.4 is 9.80 Å². The van der Waals surface area contributed by atoms with Crippen molar-refractivity contribution >= 4 is 55.6 Å². The van der Waals surface area contributed by atoms with Crippen LogP contribution >= 0.6 is 0 Å². The van der Waals surface area contributed by atoms with Crippen molar-refractivity contribution in [2.75, 3.05) is 9.80 Å². The molecule has 0 saturated carbocycles. The fourth-order valence-electron chi connectivity index (χ4n) is 10.5. The van der Waals surface area contributed by atoms with Gasteiger partial charge >= 0.3 is 0 Å². The second-order valence-corrected chi connectivity index (χ2v) is 16.2. The van der Waals surface area contributed by atoms with Gasteiger partial charge in [0.15, 0.2) is 0 Å². The van der Waals surface area contributed by atoms with Crippen LogP contribution in [-0.4, -0.2) is 6.04 Å². The molecule has 0 N–H and O–H groups in total. The molecule has 0 bridgehead atoms. The molecule has 0 radical (unpaired) electrons. The molecule has 0 amide bonds. The third-order valence-corrected chi connectivity index (χ3v) is 13.0. The van der Waals surface area contributed by atoms with Crippen LogP contribution in [0.4, 0.5) is 28.4 Å². The van der Waals surface area contributed by atoms with Crippen LogP contribution in [0.1, 0.15) is 42.7 Å². The number of hydrogen-bond acceptors (Lipinski definition) is 2. The van der Waals surface area contributed by atoms with Crippen LogP contribution in [0, 0.1) is 0 Å². The van der Waals surface area contributed by atoms with Crippen molar-refractivity contribution in [3.8, 4) is 33.4 Å². The standard InChI is InChI=1S/C56H42N2/c1-3-16-37(17-4-1)39-21-13-23-42(35-39)57(53-31-15-28-48-55(53)47-27-14-22-41-34-40-20-7-8-25-45(40)56(48)54(41)47)43-32-33-52-49(36-43)46-26-10-12-30-51(46)58(52)50-29-11-9-24-44(50)38-18-5-2-6-19-38/h2,5-16,18-36,46,51H,1,3-4,17H2. The third-order valence-electron chi connectivity index (χ3n) is 13.0. The quantitative estimate of drug-likeness (QED) is 0.157. The van der Waals surface area contributed by atoms with E-state index >= 15 is 0 Å². The lowest BCUT2D eigenvalue weighted by molar-refractivity contribution is 0.742. The molecule has 2 unspecified atom stereocenters. The Morgan fingerprint density at radius 3 is 2.21 bits per heavy atom. The van der Waals surface area contributed by atoms with Gasteiger partial charge in [0.25, 0.3) is 0 Å². The highest BCUT2D eigenvalue weighted by molar-refractivity contribution is 6.25. The van der Waals surface area contributed by atoms with E-state index in [9.17, 15) is 0 Å². The molecule has 0 fully saturated rings. The molecular formula is C56H42N2. The Kier molecular flexibility index (Phi) is 7.66. The summed E-state index contributed by atoms with van der Waals surface area (Å²) in [5, 5.41) is 5.25. The topological polar surface area (TPSA) is 6.48 Å². The average Bonchev–Trinajstić information content (AvgIpc) is 3.81. The van der Waals surface area contributed by atoms with E-state index in [1.54, 1.807) is 0 Å². The summed E-state index contributed by atoms with van der Waals surface area (Å²) in [5.41, 5.74) is 18.0.